The summed E-state index contributed by atoms with van der Waals surface area (Å²) in [5, 5.41) is 9.60. The molecule has 0 saturated heterocycles. The number of thiophene rings is 1. The van der Waals surface area contributed by atoms with Crippen molar-refractivity contribution < 1.29 is 0 Å². The van der Waals surface area contributed by atoms with Gasteiger partial charge >= 0.3 is 0 Å². The van der Waals surface area contributed by atoms with Crippen LogP contribution in [0, 0.1) is 6.92 Å². The molecular formula is C14H13N3S. The van der Waals surface area contributed by atoms with Gasteiger partial charge in [-0.3, -0.25) is 5.10 Å². The van der Waals surface area contributed by atoms with Gasteiger partial charge in [0, 0.05) is 16.8 Å². The van der Waals surface area contributed by atoms with Gasteiger partial charge in [0.15, 0.2) is 0 Å². The van der Waals surface area contributed by atoms with Gasteiger partial charge in [-0.25, -0.2) is 0 Å². The number of aromatic amines is 1. The van der Waals surface area contributed by atoms with Gasteiger partial charge in [-0.15, -0.1) is 11.3 Å². The van der Waals surface area contributed by atoms with E-state index in [9.17, 15) is 0 Å². The van der Waals surface area contributed by atoms with E-state index < -0.39 is 0 Å². The summed E-state index contributed by atoms with van der Waals surface area (Å²) in [6.07, 6.45) is 0. The van der Waals surface area contributed by atoms with Gasteiger partial charge in [-0.05, 0) is 30.5 Å². The van der Waals surface area contributed by atoms with Crippen LogP contribution in [-0.4, -0.2) is 10.2 Å². The average Bonchev–Trinajstić information content (AvgIpc) is 2.99. The molecule has 3 N–H and O–H groups in total. The maximum absolute atomic E-state index is 5.70. The van der Waals surface area contributed by atoms with E-state index in [1.807, 2.05) is 30.3 Å². The quantitative estimate of drug-likeness (QED) is 0.686. The van der Waals surface area contributed by atoms with Gasteiger partial charge in [-0.2, -0.15) is 5.10 Å². The van der Waals surface area contributed by atoms with Crippen molar-refractivity contribution in [1.29, 1.82) is 0 Å². The van der Waals surface area contributed by atoms with Gasteiger partial charge in [-0.1, -0.05) is 18.2 Å². The number of benzene rings is 1. The minimum atomic E-state index is 0.769. The Balaban J connectivity index is 2.07. The Morgan fingerprint density at radius 3 is 2.61 bits per heavy atom. The van der Waals surface area contributed by atoms with Gasteiger partial charge in [0.05, 0.1) is 16.3 Å². The van der Waals surface area contributed by atoms with E-state index in [0.29, 0.717) is 0 Å². The van der Waals surface area contributed by atoms with E-state index in [1.54, 1.807) is 11.3 Å². The van der Waals surface area contributed by atoms with E-state index in [-0.39, 0.29) is 0 Å². The third-order valence-corrected chi connectivity index (χ3v) is 3.85. The third-order valence-electron chi connectivity index (χ3n) is 2.96. The Labute approximate surface area is 109 Å². The molecule has 0 unspecified atom stereocenters. The maximum atomic E-state index is 5.70. The largest absolute Gasteiger partial charge is 0.399 e. The molecule has 0 radical (unpaired) electrons. The number of nitrogen functional groups attached to an aromatic ring is 1. The minimum absolute atomic E-state index is 0.769. The normalized spacial score (nSPS) is 10.7. The SMILES string of the molecule is Cc1c(-c2ccc(N)cc2)n[nH]c1-c1cccs1. The molecule has 2 heterocycles. The molecule has 0 aliphatic rings. The lowest BCUT2D eigenvalue weighted by molar-refractivity contribution is 1.10. The van der Waals surface area contributed by atoms with Crippen LogP contribution >= 0.6 is 11.3 Å². The lowest BCUT2D eigenvalue weighted by Gasteiger charge is -2.00. The molecule has 90 valence electrons. The number of H-pyrrole nitrogens is 1. The Morgan fingerprint density at radius 2 is 1.94 bits per heavy atom. The van der Waals surface area contributed by atoms with Crippen LogP contribution in [0.25, 0.3) is 21.8 Å². The maximum Gasteiger partial charge on any atom is 0.0956 e. The molecule has 1 aromatic carbocycles. The second kappa shape index (κ2) is 4.31. The smallest absolute Gasteiger partial charge is 0.0956 e. The summed E-state index contributed by atoms with van der Waals surface area (Å²) in [6, 6.07) is 11.9. The summed E-state index contributed by atoms with van der Waals surface area (Å²) < 4.78 is 0. The monoisotopic (exact) mass is 255 g/mol. The zero-order valence-corrected chi connectivity index (χ0v) is 10.8. The first-order chi connectivity index (χ1) is 8.75. The molecule has 0 atom stereocenters. The van der Waals surface area contributed by atoms with E-state index in [1.165, 1.54) is 10.4 Å². The van der Waals surface area contributed by atoms with Gasteiger partial charge in [0.1, 0.15) is 0 Å². The number of nitrogens with one attached hydrogen (secondary N) is 1. The van der Waals surface area contributed by atoms with Crippen molar-refractivity contribution in [2.75, 3.05) is 5.73 Å². The Kier molecular flexibility index (Phi) is 2.64. The topological polar surface area (TPSA) is 54.7 Å². The van der Waals surface area contributed by atoms with E-state index >= 15 is 0 Å². The van der Waals surface area contributed by atoms with E-state index in [2.05, 4.69) is 28.6 Å². The summed E-state index contributed by atoms with van der Waals surface area (Å²) in [4.78, 5) is 1.21. The number of hydrogen-bond donors (Lipinski definition) is 2. The Bertz CT molecular complexity index is 651. The zero-order chi connectivity index (χ0) is 12.5. The minimum Gasteiger partial charge on any atom is -0.399 e. The lowest BCUT2D eigenvalue weighted by Crippen LogP contribution is -1.85. The van der Waals surface area contributed by atoms with E-state index in [0.717, 1.165) is 22.6 Å². The average molecular weight is 255 g/mol. The van der Waals surface area contributed by atoms with Crippen molar-refractivity contribution in [2.24, 2.45) is 0 Å². The second-order valence-corrected chi connectivity index (χ2v) is 5.12. The molecule has 0 aliphatic heterocycles. The standard InChI is InChI=1S/C14H13N3S/c1-9-13(10-4-6-11(15)7-5-10)16-17-14(9)12-3-2-8-18-12/h2-8H,15H2,1H3,(H,16,17). The molecule has 4 heteroatoms. The molecule has 0 amide bonds. The first kappa shape index (κ1) is 11.0. The number of aromatic nitrogens is 2. The van der Waals surface area contributed by atoms with Crippen LogP contribution in [0.4, 0.5) is 5.69 Å². The number of hydrogen-bond acceptors (Lipinski definition) is 3. The van der Waals surface area contributed by atoms with Crippen LogP contribution in [0.2, 0.25) is 0 Å². The molecule has 0 bridgehead atoms. The van der Waals surface area contributed by atoms with Gasteiger partial charge in [0.2, 0.25) is 0 Å². The van der Waals surface area contributed by atoms with Crippen LogP contribution in [-0.2, 0) is 0 Å². The van der Waals surface area contributed by atoms with E-state index in [4.69, 9.17) is 5.73 Å². The highest BCUT2D eigenvalue weighted by atomic mass is 32.1. The molecule has 0 spiro atoms. The molecule has 3 rings (SSSR count). The predicted octanol–water partition coefficient (Wildman–Crippen LogP) is 3.70. The van der Waals surface area contributed by atoms with Gasteiger partial charge < -0.3 is 5.73 Å². The Hall–Kier alpha value is -2.07. The summed E-state index contributed by atoms with van der Waals surface area (Å²) in [6.45, 7) is 2.09. The van der Waals surface area contributed by atoms with Crippen molar-refractivity contribution in [1.82, 2.24) is 10.2 Å². The van der Waals surface area contributed by atoms with Crippen LogP contribution in [0.5, 0.6) is 0 Å². The zero-order valence-electron chi connectivity index (χ0n) is 9.97. The van der Waals surface area contributed by atoms with Crippen molar-refractivity contribution in [3.8, 4) is 21.8 Å². The second-order valence-electron chi connectivity index (χ2n) is 4.17. The van der Waals surface area contributed by atoms with Crippen LogP contribution in [0.3, 0.4) is 0 Å². The molecule has 0 saturated carbocycles. The summed E-state index contributed by atoms with van der Waals surface area (Å²) >= 11 is 1.71. The molecule has 0 aliphatic carbocycles. The van der Waals surface area contributed by atoms with Crippen molar-refractivity contribution in [2.45, 2.75) is 6.92 Å². The molecule has 3 aromatic rings. The predicted molar refractivity (Wildman–Crippen MR) is 76.5 cm³/mol. The highest BCUT2D eigenvalue weighted by molar-refractivity contribution is 7.13. The number of anilines is 1. The van der Waals surface area contributed by atoms with Gasteiger partial charge in [0.25, 0.3) is 0 Å². The van der Waals surface area contributed by atoms with Crippen molar-refractivity contribution in [3.63, 3.8) is 0 Å². The van der Waals surface area contributed by atoms with Crippen LogP contribution < -0.4 is 5.73 Å². The highest BCUT2D eigenvalue weighted by Gasteiger charge is 2.12. The highest BCUT2D eigenvalue weighted by Crippen LogP contribution is 2.31. The molecular weight excluding hydrogens is 242 g/mol. The molecule has 3 nitrogen and oxygen atoms in total. The van der Waals surface area contributed by atoms with Crippen LogP contribution in [0.15, 0.2) is 41.8 Å². The fourth-order valence-corrected chi connectivity index (χ4v) is 2.76. The van der Waals surface area contributed by atoms with Crippen molar-refractivity contribution in [3.05, 3.63) is 47.3 Å². The van der Waals surface area contributed by atoms with Crippen molar-refractivity contribution >= 4 is 17.0 Å². The Morgan fingerprint density at radius 1 is 1.17 bits per heavy atom. The number of nitrogens with zero attached hydrogens (tertiary/aromatic N) is 1. The summed E-state index contributed by atoms with van der Waals surface area (Å²) in [5.74, 6) is 0. The third kappa shape index (κ3) is 1.80. The van der Waals surface area contributed by atoms with Crippen LogP contribution in [0.1, 0.15) is 5.56 Å². The first-order valence-electron chi connectivity index (χ1n) is 5.70. The summed E-state index contributed by atoms with van der Waals surface area (Å²) in [5.41, 5.74) is 10.8. The number of rotatable bonds is 2. The fourth-order valence-electron chi connectivity index (χ4n) is 1.98. The lowest BCUT2D eigenvalue weighted by atomic mass is 10.1. The fraction of sp³-hybridized carbons (Fsp3) is 0.0714. The molecule has 0 fully saturated rings. The first-order valence-corrected chi connectivity index (χ1v) is 6.58. The number of nitrogens with two attached hydrogens (primary N) is 1. The molecule has 18 heavy (non-hydrogen) atoms. The molecule has 2 aromatic heterocycles. The summed E-state index contributed by atoms with van der Waals surface area (Å²) in [7, 11) is 0.